The van der Waals surface area contributed by atoms with Gasteiger partial charge in [0.05, 0.1) is 29.9 Å². The molecule has 1 aromatic carbocycles. The average Bonchev–Trinajstić information content (AvgIpc) is 3.52. The van der Waals surface area contributed by atoms with E-state index in [1.165, 1.54) is 35.3 Å². The summed E-state index contributed by atoms with van der Waals surface area (Å²) < 4.78 is 43.9. The predicted molar refractivity (Wildman–Crippen MR) is 116 cm³/mol. The van der Waals surface area contributed by atoms with Crippen LogP contribution in [0.5, 0.6) is 5.75 Å². The summed E-state index contributed by atoms with van der Waals surface area (Å²) in [5.74, 6) is -2.16. The Morgan fingerprint density at radius 3 is 2.65 bits per heavy atom. The molecule has 13 heteroatoms. The Hall–Kier alpha value is -3.48. The summed E-state index contributed by atoms with van der Waals surface area (Å²) in [5, 5.41) is 11.3. The molecule has 0 saturated carbocycles. The second-order valence-electron chi connectivity index (χ2n) is 7.98. The maximum absolute atomic E-state index is 14.3. The van der Waals surface area contributed by atoms with E-state index in [2.05, 4.69) is 14.7 Å². The van der Waals surface area contributed by atoms with Crippen LogP contribution >= 0.6 is 11.3 Å². The van der Waals surface area contributed by atoms with Gasteiger partial charge in [0.1, 0.15) is 0 Å². The van der Waals surface area contributed by atoms with Crippen LogP contribution in [0.25, 0.3) is 22.4 Å². The first kappa shape index (κ1) is 22.3. The third kappa shape index (κ3) is 3.79. The Kier molecular flexibility index (Phi) is 5.50. The molecule has 2 unspecified atom stereocenters. The molecule has 180 valence electrons. The number of hydrogen-bond acceptors (Lipinski definition) is 9. The van der Waals surface area contributed by atoms with Crippen LogP contribution in [0.1, 0.15) is 19.8 Å². The van der Waals surface area contributed by atoms with Crippen LogP contribution in [0.3, 0.4) is 0 Å². The normalized spacial score (nSPS) is 20.1. The zero-order valence-corrected chi connectivity index (χ0v) is 18.8. The third-order valence-electron chi connectivity index (χ3n) is 5.93. The fraction of sp³-hybridized carbons (Fsp3) is 0.429. The molecule has 2 aromatic heterocycles. The molecule has 34 heavy (non-hydrogen) atoms. The van der Waals surface area contributed by atoms with Crippen LogP contribution in [-0.2, 0) is 9.53 Å². The van der Waals surface area contributed by atoms with Gasteiger partial charge in [0.15, 0.2) is 16.8 Å². The first-order valence-electron chi connectivity index (χ1n) is 10.6. The minimum absolute atomic E-state index is 0.00233. The number of anilines is 1. The van der Waals surface area contributed by atoms with Crippen molar-refractivity contribution in [3.63, 3.8) is 0 Å². The molecule has 2 aliphatic heterocycles. The monoisotopic (exact) mass is 494 g/mol. The van der Waals surface area contributed by atoms with E-state index in [0.29, 0.717) is 24.3 Å². The summed E-state index contributed by atoms with van der Waals surface area (Å²) in [7, 11) is 0. The lowest BCUT2D eigenvalue weighted by Crippen LogP contribution is -2.55. The van der Waals surface area contributed by atoms with Crippen LogP contribution < -0.4 is 9.64 Å². The molecule has 5 rings (SSSR count). The fourth-order valence-electron chi connectivity index (χ4n) is 4.50. The zero-order chi connectivity index (χ0) is 24.0. The summed E-state index contributed by atoms with van der Waals surface area (Å²) in [5.41, 5.74) is 2.88. The van der Waals surface area contributed by atoms with Gasteiger partial charge in [-0.25, -0.2) is 14.6 Å². The summed E-state index contributed by atoms with van der Waals surface area (Å²) in [6.07, 6.45) is -3.75. The van der Waals surface area contributed by atoms with Crippen LogP contribution in [0.15, 0.2) is 27.4 Å². The second kappa shape index (κ2) is 8.38. The van der Waals surface area contributed by atoms with Crippen molar-refractivity contribution in [3.05, 3.63) is 23.0 Å². The van der Waals surface area contributed by atoms with E-state index in [4.69, 9.17) is 9.15 Å². The maximum atomic E-state index is 14.3. The summed E-state index contributed by atoms with van der Waals surface area (Å²) in [6.45, 7) is 1.90. The first-order valence-corrected chi connectivity index (χ1v) is 11.5. The van der Waals surface area contributed by atoms with Gasteiger partial charge < -0.3 is 23.9 Å². The number of ether oxygens (including phenoxy) is 2. The van der Waals surface area contributed by atoms with Gasteiger partial charge in [-0.3, -0.25) is 4.90 Å². The van der Waals surface area contributed by atoms with E-state index in [1.807, 2.05) is 0 Å². The molecule has 4 heterocycles. The van der Waals surface area contributed by atoms with Gasteiger partial charge in [0.25, 0.3) is 6.01 Å². The van der Waals surface area contributed by atoms with Crippen LogP contribution in [0.2, 0.25) is 0 Å². The number of thiazole rings is 1. The van der Waals surface area contributed by atoms with E-state index in [0.717, 1.165) is 12.8 Å². The molecule has 10 nitrogen and oxygen atoms in total. The quantitative estimate of drug-likeness (QED) is 0.510. The van der Waals surface area contributed by atoms with Crippen molar-refractivity contribution < 1.29 is 37.4 Å². The van der Waals surface area contributed by atoms with E-state index in [-0.39, 0.29) is 41.6 Å². The number of oxazole rings is 1. The van der Waals surface area contributed by atoms with Crippen LogP contribution in [0.4, 0.5) is 19.6 Å². The number of alkyl halides is 2. The Morgan fingerprint density at radius 2 is 2.03 bits per heavy atom. The molecule has 1 amide bonds. The molecule has 3 aromatic rings. The van der Waals surface area contributed by atoms with Crippen molar-refractivity contribution >= 4 is 40.5 Å². The third-order valence-corrected chi connectivity index (χ3v) is 6.51. The number of carboxylic acid groups (broad SMARTS) is 1. The van der Waals surface area contributed by atoms with Crippen molar-refractivity contribution in [2.24, 2.45) is 0 Å². The Labute approximate surface area is 195 Å². The molecule has 2 aliphatic rings. The molecular weight excluding hydrogens is 474 g/mol. The van der Waals surface area contributed by atoms with Crippen molar-refractivity contribution in [2.45, 2.75) is 38.0 Å². The molecule has 2 saturated heterocycles. The topological polar surface area (TPSA) is 118 Å². The molecule has 2 bridgehead atoms. The zero-order valence-electron chi connectivity index (χ0n) is 17.9. The molecule has 2 fully saturated rings. The second-order valence-corrected chi connectivity index (χ2v) is 8.70. The highest BCUT2D eigenvalue weighted by Gasteiger charge is 2.46. The lowest BCUT2D eigenvalue weighted by Gasteiger charge is -2.38. The highest BCUT2D eigenvalue weighted by molar-refractivity contribution is 7.07. The van der Waals surface area contributed by atoms with E-state index in [9.17, 15) is 23.5 Å². The molecule has 0 spiro atoms. The summed E-state index contributed by atoms with van der Waals surface area (Å²) in [6, 6.07) is 2.52. The first-order chi connectivity index (χ1) is 16.3. The minimum Gasteiger partial charge on any atom is -0.465 e. The van der Waals surface area contributed by atoms with Gasteiger partial charge >= 0.3 is 18.2 Å². The lowest BCUT2D eigenvalue weighted by molar-refractivity contribution is -0.216. The van der Waals surface area contributed by atoms with Crippen molar-refractivity contribution in [3.8, 4) is 17.0 Å². The van der Waals surface area contributed by atoms with Crippen LogP contribution in [-0.4, -0.2) is 69.9 Å². The number of hydrogen-bond donors (Lipinski definition) is 1. The number of esters is 1. The van der Waals surface area contributed by atoms with E-state index < -0.39 is 18.2 Å². The van der Waals surface area contributed by atoms with Crippen molar-refractivity contribution in [2.75, 3.05) is 24.6 Å². The lowest BCUT2D eigenvalue weighted by atomic mass is 10.1. The fourth-order valence-corrected chi connectivity index (χ4v) is 5.06. The number of carbonyl (C=O) groups is 2. The largest absolute Gasteiger partial charge is 0.502 e. The number of halogens is 2. The van der Waals surface area contributed by atoms with Gasteiger partial charge in [0, 0.05) is 24.0 Å². The van der Waals surface area contributed by atoms with E-state index in [1.54, 1.807) is 15.8 Å². The van der Waals surface area contributed by atoms with Crippen molar-refractivity contribution in [1.82, 2.24) is 14.9 Å². The van der Waals surface area contributed by atoms with Crippen LogP contribution in [0, 0.1) is 0 Å². The van der Waals surface area contributed by atoms with Gasteiger partial charge in [0.2, 0.25) is 0 Å². The molecule has 0 aliphatic carbocycles. The molecule has 1 N–H and O–H groups in total. The number of piperazine rings is 1. The highest BCUT2D eigenvalue weighted by atomic mass is 32.1. The standard InChI is InChI=1S/C21H20F2N4O6S/c1-2-31-18(28)21(22,23)33-15-6-5-13(14-9-34-10-24-14)17-16(15)25-19(32-17)26-7-11-3-4-12(8-26)27(11)20(29)30/h5-6,9-12H,2-4,7-8H2,1H3,(H,29,30). The van der Waals surface area contributed by atoms with E-state index >= 15 is 0 Å². The molecule has 2 atom stereocenters. The smallest absolute Gasteiger partial charge is 0.465 e. The summed E-state index contributed by atoms with van der Waals surface area (Å²) in [4.78, 5) is 35.2. The number of benzene rings is 1. The number of amides is 1. The van der Waals surface area contributed by atoms with Gasteiger partial charge in [-0.2, -0.15) is 13.8 Å². The molecular formula is C21H20F2N4O6S. The summed E-state index contributed by atoms with van der Waals surface area (Å²) >= 11 is 1.36. The predicted octanol–water partition coefficient (Wildman–Crippen LogP) is 3.82. The number of aromatic nitrogens is 2. The number of carbonyl (C=O) groups excluding carboxylic acids is 1. The maximum Gasteiger partial charge on any atom is 0.502 e. The molecule has 0 radical (unpaired) electrons. The van der Waals surface area contributed by atoms with Gasteiger partial charge in [-0.1, -0.05) is 0 Å². The average molecular weight is 494 g/mol. The Bertz CT molecular complexity index is 1220. The number of nitrogens with zero attached hydrogens (tertiary/aromatic N) is 4. The van der Waals surface area contributed by atoms with Gasteiger partial charge in [-0.15, -0.1) is 11.3 Å². The number of fused-ring (bicyclic) bond motifs is 3. The number of rotatable bonds is 6. The Morgan fingerprint density at radius 1 is 1.29 bits per heavy atom. The Balaban J connectivity index is 1.54. The SMILES string of the molecule is CCOC(=O)C(F)(F)Oc1ccc(-c2cscn2)c2oc(N3CC4CCC(C3)N4C(=O)O)nc12. The van der Waals surface area contributed by atoms with Crippen molar-refractivity contribution in [1.29, 1.82) is 0 Å². The highest BCUT2D eigenvalue weighted by Crippen LogP contribution is 2.40. The minimum atomic E-state index is -4.23. The van der Waals surface area contributed by atoms with Gasteiger partial charge in [-0.05, 0) is 31.9 Å².